The number of hydrogen-bond acceptors (Lipinski definition) is 3. The lowest BCUT2D eigenvalue weighted by atomic mass is 10.00. The number of piperidine rings is 1. The number of nitrogens with zero attached hydrogens (tertiary/aromatic N) is 2. The molecule has 122 valence electrons. The lowest BCUT2D eigenvalue weighted by Gasteiger charge is -2.31. The van der Waals surface area contributed by atoms with E-state index >= 15 is 0 Å². The number of guanidine groups is 1. The summed E-state index contributed by atoms with van der Waals surface area (Å²) in [5.74, 6) is 1.28. The van der Waals surface area contributed by atoms with Crippen molar-refractivity contribution in [2.24, 2.45) is 16.6 Å². The Kier molecular flexibility index (Phi) is 5.42. The number of nitrogens with one attached hydrogen (secondary N) is 1. The fourth-order valence-corrected chi connectivity index (χ4v) is 3.24. The van der Waals surface area contributed by atoms with E-state index in [1.807, 2.05) is 6.07 Å². The number of benzene rings is 1. The van der Waals surface area contributed by atoms with Gasteiger partial charge in [-0.25, -0.2) is 18.1 Å². The van der Waals surface area contributed by atoms with Crippen molar-refractivity contribution < 1.29 is 8.42 Å². The molecule has 1 fully saturated rings. The Morgan fingerprint density at radius 3 is 2.73 bits per heavy atom. The van der Waals surface area contributed by atoms with Gasteiger partial charge in [0.2, 0.25) is 10.0 Å². The van der Waals surface area contributed by atoms with Gasteiger partial charge in [-0.15, -0.1) is 0 Å². The van der Waals surface area contributed by atoms with Gasteiger partial charge in [0.05, 0.1) is 11.4 Å². The molecule has 0 bridgehead atoms. The van der Waals surface area contributed by atoms with Crippen molar-refractivity contribution >= 4 is 16.0 Å². The highest BCUT2D eigenvalue weighted by atomic mass is 32.2. The zero-order chi connectivity index (χ0) is 16.2. The van der Waals surface area contributed by atoms with Gasteiger partial charge >= 0.3 is 0 Å². The minimum Gasteiger partial charge on any atom is -0.370 e. The molecular weight excluding hydrogens is 300 g/mol. The van der Waals surface area contributed by atoms with Gasteiger partial charge in [0.15, 0.2) is 5.96 Å². The van der Waals surface area contributed by atoms with Crippen LogP contribution in [0.15, 0.2) is 34.2 Å². The van der Waals surface area contributed by atoms with E-state index in [-0.39, 0.29) is 4.90 Å². The predicted octanol–water partition coefficient (Wildman–Crippen LogP) is 1.14. The summed E-state index contributed by atoms with van der Waals surface area (Å²) < 4.78 is 25.9. The minimum absolute atomic E-state index is 0.244. The Labute approximate surface area is 132 Å². The van der Waals surface area contributed by atoms with Crippen molar-refractivity contribution in [3.05, 3.63) is 29.8 Å². The molecule has 0 radical (unpaired) electrons. The fourth-order valence-electron chi connectivity index (χ4n) is 2.44. The molecule has 7 heteroatoms. The third-order valence-corrected chi connectivity index (χ3v) is 5.42. The molecule has 0 amide bonds. The monoisotopic (exact) mass is 324 g/mol. The van der Waals surface area contributed by atoms with E-state index < -0.39 is 10.0 Å². The number of hydrogen-bond donors (Lipinski definition) is 2. The largest absolute Gasteiger partial charge is 0.370 e. The van der Waals surface area contributed by atoms with Gasteiger partial charge in [0.25, 0.3) is 0 Å². The molecule has 6 nitrogen and oxygen atoms in total. The third kappa shape index (κ3) is 4.20. The quantitative estimate of drug-likeness (QED) is 0.642. The summed E-state index contributed by atoms with van der Waals surface area (Å²) in [6.07, 6.45) is 2.26. The number of likely N-dealkylation sites (tertiary alicyclic amines) is 1. The second-order valence-corrected chi connectivity index (χ2v) is 7.59. The molecule has 0 saturated carbocycles. The van der Waals surface area contributed by atoms with Gasteiger partial charge in [-0.1, -0.05) is 19.1 Å². The fraction of sp³-hybridized carbons (Fsp3) is 0.533. The molecule has 3 N–H and O–H groups in total. The van der Waals surface area contributed by atoms with Gasteiger partial charge in [-0.3, -0.25) is 0 Å². The average Bonchev–Trinajstić information content (AvgIpc) is 2.53. The molecule has 1 aromatic rings. The molecule has 1 aliphatic rings. The summed E-state index contributed by atoms with van der Waals surface area (Å²) in [5, 5.41) is 0. The first-order chi connectivity index (χ1) is 10.4. The topological polar surface area (TPSA) is 87.8 Å². The van der Waals surface area contributed by atoms with Crippen LogP contribution in [0, 0.1) is 5.92 Å². The highest BCUT2D eigenvalue weighted by Gasteiger charge is 2.17. The predicted molar refractivity (Wildman–Crippen MR) is 88.0 cm³/mol. The zero-order valence-corrected chi connectivity index (χ0v) is 13.9. The first-order valence-electron chi connectivity index (χ1n) is 7.49. The second kappa shape index (κ2) is 7.11. The maximum Gasteiger partial charge on any atom is 0.240 e. The summed E-state index contributed by atoms with van der Waals surface area (Å²) in [6.45, 7) is 4.50. The molecule has 2 rings (SSSR count). The summed E-state index contributed by atoms with van der Waals surface area (Å²) in [4.78, 5) is 6.73. The molecule has 0 aliphatic carbocycles. The minimum atomic E-state index is -3.43. The van der Waals surface area contributed by atoms with E-state index in [1.165, 1.54) is 7.05 Å². The number of sulfonamides is 1. The maximum atomic E-state index is 11.8. The molecule has 1 aliphatic heterocycles. The van der Waals surface area contributed by atoms with Gasteiger partial charge in [-0.05, 0) is 43.5 Å². The van der Waals surface area contributed by atoms with Crippen LogP contribution in [-0.2, 0) is 16.6 Å². The van der Waals surface area contributed by atoms with Crippen molar-refractivity contribution in [1.82, 2.24) is 9.62 Å². The van der Waals surface area contributed by atoms with Crippen molar-refractivity contribution in [2.45, 2.75) is 31.2 Å². The summed E-state index contributed by atoms with van der Waals surface area (Å²) >= 11 is 0. The Morgan fingerprint density at radius 2 is 2.09 bits per heavy atom. The lowest BCUT2D eigenvalue weighted by molar-refractivity contribution is 0.277. The normalized spacial score (nSPS) is 17.7. The van der Waals surface area contributed by atoms with Crippen LogP contribution in [0.25, 0.3) is 0 Å². The van der Waals surface area contributed by atoms with Crippen LogP contribution >= 0.6 is 0 Å². The molecule has 0 unspecified atom stereocenters. The molecule has 0 spiro atoms. The highest BCUT2D eigenvalue weighted by molar-refractivity contribution is 7.89. The molecule has 0 aromatic heterocycles. The van der Waals surface area contributed by atoms with E-state index in [1.54, 1.807) is 18.2 Å². The van der Waals surface area contributed by atoms with Crippen LogP contribution in [0.3, 0.4) is 0 Å². The van der Waals surface area contributed by atoms with E-state index in [0.29, 0.717) is 12.5 Å². The van der Waals surface area contributed by atoms with E-state index in [0.717, 1.165) is 37.4 Å². The number of rotatable bonds is 4. The average molecular weight is 324 g/mol. The summed E-state index contributed by atoms with van der Waals surface area (Å²) in [6, 6.07) is 6.76. The third-order valence-electron chi connectivity index (χ3n) is 4.01. The molecule has 1 saturated heterocycles. The summed E-state index contributed by atoms with van der Waals surface area (Å²) in [5.41, 5.74) is 6.86. The Hall–Kier alpha value is -1.60. The van der Waals surface area contributed by atoms with Crippen LogP contribution in [-0.4, -0.2) is 39.4 Å². The van der Waals surface area contributed by atoms with Crippen LogP contribution in [0.5, 0.6) is 0 Å². The summed E-state index contributed by atoms with van der Waals surface area (Å²) in [7, 11) is -2.03. The maximum absolute atomic E-state index is 11.8. The Bertz CT molecular complexity index is 635. The van der Waals surface area contributed by atoms with Gasteiger partial charge in [0.1, 0.15) is 0 Å². The zero-order valence-electron chi connectivity index (χ0n) is 13.1. The van der Waals surface area contributed by atoms with Gasteiger partial charge in [-0.2, -0.15) is 0 Å². The molecule has 0 atom stereocenters. The van der Waals surface area contributed by atoms with Gasteiger partial charge in [0, 0.05) is 13.1 Å². The van der Waals surface area contributed by atoms with Crippen molar-refractivity contribution in [3.8, 4) is 0 Å². The lowest BCUT2D eigenvalue weighted by Crippen LogP contribution is -2.42. The second-order valence-electron chi connectivity index (χ2n) is 5.70. The first kappa shape index (κ1) is 16.8. The highest BCUT2D eigenvalue weighted by Crippen LogP contribution is 2.16. The van der Waals surface area contributed by atoms with E-state index in [4.69, 9.17) is 5.73 Å². The van der Waals surface area contributed by atoms with Gasteiger partial charge < -0.3 is 10.6 Å². The first-order valence-corrected chi connectivity index (χ1v) is 8.98. The molecular formula is C15H24N4O2S. The van der Waals surface area contributed by atoms with Crippen LogP contribution < -0.4 is 10.5 Å². The molecule has 22 heavy (non-hydrogen) atoms. The van der Waals surface area contributed by atoms with Crippen molar-refractivity contribution in [3.63, 3.8) is 0 Å². The van der Waals surface area contributed by atoms with E-state index in [9.17, 15) is 8.42 Å². The van der Waals surface area contributed by atoms with Crippen LogP contribution in [0.1, 0.15) is 25.3 Å². The van der Waals surface area contributed by atoms with Crippen molar-refractivity contribution in [2.75, 3.05) is 20.1 Å². The van der Waals surface area contributed by atoms with Crippen LogP contribution in [0.4, 0.5) is 0 Å². The standard InChI is InChI=1S/C15H24N4O2S/c1-12-6-8-19(9-7-12)15(16)18-11-13-4-3-5-14(10-13)22(20,21)17-2/h3-5,10,12,17H,6-9,11H2,1-2H3,(H2,16,18). The Morgan fingerprint density at radius 1 is 1.41 bits per heavy atom. The van der Waals surface area contributed by atoms with E-state index in [2.05, 4.69) is 21.5 Å². The number of nitrogens with two attached hydrogens (primary N) is 1. The molecule has 1 aromatic carbocycles. The SMILES string of the molecule is CNS(=O)(=O)c1cccc(CN=C(N)N2CCC(C)CC2)c1. The smallest absolute Gasteiger partial charge is 0.240 e. The molecule has 1 heterocycles. The van der Waals surface area contributed by atoms with Crippen LogP contribution in [0.2, 0.25) is 0 Å². The number of aliphatic imine (C=N–C) groups is 1. The Balaban J connectivity index is 2.05. The van der Waals surface area contributed by atoms with Crippen molar-refractivity contribution in [1.29, 1.82) is 0 Å².